The largest absolute Gasteiger partial charge is 0.428 e. The lowest BCUT2D eigenvalue weighted by Gasteiger charge is -1.77. The summed E-state index contributed by atoms with van der Waals surface area (Å²) in [5.74, 6) is 0. The highest BCUT2D eigenvalue weighted by atomic mass is 28.2. The van der Waals surface area contributed by atoms with Crippen LogP contribution in [-0.4, -0.2) is 17.1 Å². The summed E-state index contributed by atoms with van der Waals surface area (Å²) in [7, 11) is 0.890. The molecule has 0 radical (unpaired) electrons. The van der Waals surface area contributed by atoms with Crippen LogP contribution in [0.15, 0.2) is 0 Å². The van der Waals surface area contributed by atoms with Crippen molar-refractivity contribution < 1.29 is 4.43 Å². The Kier molecular flexibility index (Phi) is 23.9. The zero-order chi connectivity index (χ0) is 6.12. The van der Waals surface area contributed by atoms with E-state index in [-0.39, 0.29) is 0 Å². The molecular weight excluding hydrogens is 104 g/mol. The third kappa shape index (κ3) is 77.8. The molecule has 0 saturated carbocycles. The average molecular weight is 120 g/mol. The molecular formula is C5H16OSi. The van der Waals surface area contributed by atoms with Crippen LogP contribution in [0.4, 0.5) is 0 Å². The lowest BCUT2D eigenvalue weighted by molar-refractivity contribution is 0.375. The van der Waals surface area contributed by atoms with Crippen molar-refractivity contribution in [3.63, 3.8) is 0 Å². The predicted molar refractivity (Wildman–Crippen MR) is 37.5 cm³/mol. The van der Waals surface area contributed by atoms with Crippen molar-refractivity contribution in [2.24, 2.45) is 0 Å². The minimum Gasteiger partial charge on any atom is -0.428 e. The van der Waals surface area contributed by atoms with Crippen LogP contribution in [0.2, 0.25) is 0 Å². The Balaban J connectivity index is 0. The van der Waals surface area contributed by atoms with Crippen LogP contribution in [0.3, 0.4) is 0 Å². The summed E-state index contributed by atoms with van der Waals surface area (Å²) in [5, 5.41) is 0. The maximum Gasteiger partial charge on any atom is 0.145 e. The van der Waals surface area contributed by atoms with E-state index in [1.807, 2.05) is 6.92 Å². The second kappa shape index (κ2) is 16.4. The van der Waals surface area contributed by atoms with E-state index >= 15 is 0 Å². The van der Waals surface area contributed by atoms with Gasteiger partial charge in [-0.05, 0) is 6.92 Å². The molecule has 0 amide bonds. The molecule has 0 spiro atoms. The van der Waals surface area contributed by atoms with Crippen LogP contribution in [0.1, 0.15) is 27.2 Å². The van der Waals surface area contributed by atoms with Gasteiger partial charge in [-0.25, -0.2) is 0 Å². The zero-order valence-electron chi connectivity index (χ0n) is 5.82. The number of hydrogen-bond acceptors (Lipinski definition) is 1. The van der Waals surface area contributed by atoms with Crippen LogP contribution in [0, 0.1) is 0 Å². The molecule has 0 fully saturated rings. The fourth-order valence-corrected chi connectivity index (χ4v) is 0. The van der Waals surface area contributed by atoms with Gasteiger partial charge < -0.3 is 4.43 Å². The summed E-state index contributed by atoms with van der Waals surface area (Å²) in [6, 6.07) is 0. The van der Waals surface area contributed by atoms with Gasteiger partial charge in [0.15, 0.2) is 0 Å². The van der Waals surface area contributed by atoms with E-state index in [0.717, 1.165) is 17.1 Å². The van der Waals surface area contributed by atoms with Gasteiger partial charge in [0.2, 0.25) is 0 Å². The first-order valence-electron chi connectivity index (χ1n) is 2.82. The van der Waals surface area contributed by atoms with Gasteiger partial charge in [-0.3, -0.25) is 0 Å². The molecule has 0 unspecified atom stereocenters. The van der Waals surface area contributed by atoms with Crippen LogP contribution < -0.4 is 0 Å². The molecule has 0 aliphatic heterocycles. The molecule has 0 atom stereocenters. The Morgan fingerprint density at radius 3 is 1.43 bits per heavy atom. The molecule has 0 aliphatic rings. The third-order valence-corrected chi connectivity index (χ3v) is 0.866. The lowest BCUT2D eigenvalue weighted by Crippen LogP contribution is -1.76. The van der Waals surface area contributed by atoms with Gasteiger partial charge in [0.25, 0.3) is 0 Å². The topological polar surface area (TPSA) is 9.23 Å². The Labute approximate surface area is 49.6 Å². The minimum atomic E-state index is 0.881. The van der Waals surface area contributed by atoms with E-state index in [1.54, 1.807) is 0 Å². The quantitative estimate of drug-likeness (QED) is 0.463. The summed E-state index contributed by atoms with van der Waals surface area (Å²) < 4.78 is 4.68. The van der Waals surface area contributed by atoms with E-state index in [1.165, 1.54) is 6.42 Å². The first-order valence-corrected chi connectivity index (χ1v) is 3.63. The summed E-state index contributed by atoms with van der Waals surface area (Å²) >= 11 is 0. The van der Waals surface area contributed by atoms with Crippen molar-refractivity contribution in [2.45, 2.75) is 27.2 Å². The monoisotopic (exact) mass is 120 g/mol. The van der Waals surface area contributed by atoms with Crippen molar-refractivity contribution in [1.82, 2.24) is 0 Å². The van der Waals surface area contributed by atoms with Crippen LogP contribution in [0.5, 0.6) is 0 Å². The molecule has 0 bridgehead atoms. The molecule has 46 valence electrons. The molecule has 0 aromatic heterocycles. The third-order valence-electron chi connectivity index (χ3n) is 0.289. The van der Waals surface area contributed by atoms with E-state index in [4.69, 9.17) is 0 Å². The molecule has 1 nitrogen and oxygen atoms in total. The lowest BCUT2D eigenvalue weighted by atomic mass is 10.6. The molecule has 7 heavy (non-hydrogen) atoms. The second-order valence-corrected chi connectivity index (χ2v) is 1.86. The normalized spacial score (nSPS) is 7.29. The molecule has 0 aromatic rings. The fourth-order valence-electron chi connectivity index (χ4n) is 0. The summed E-state index contributed by atoms with van der Waals surface area (Å²) in [6.45, 7) is 7.12. The molecule has 0 aliphatic carbocycles. The van der Waals surface area contributed by atoms with Crippen molar-refractivity contribution in [3.8, 4) is 0 Å². The van der Waals surface area contributed by atoms with Crippen molar-refractivity contribution in [2.75, 3.05) is 6.61 Å². The highest BCUT2D eigenvalue weighted by Crippen LogP contribution is 1.56. The predicted octanol–water partition coefficient (Wildman–Crippen LogP) is 0.720. The van der Waals surface area contributed by atoms with E-state index in [0.29, 0.717) is 0 Å². The van der Waals surface area contributed by atoms with E-state index in [2.05, 4.69) is 18.3 Å². The van der Waals surface area contributed by atoms with E-state index in [9.17, 15) is 0 Å². The van der Waals surface area contributed by atoms with Gasteiger partial charge in [-0.15, -0.1) is 0 Å². The second-order valence-electron chi connectivity index (χ2n) is 1.28. The molecule has 0 rings (SSSR count). The van der Waals surface area contributed by atoms with Gasteiger partial charge in [0.05, 0.1) is 0 Å². The van der Waals surface area contributed by atoms with Crippen molar-refractivity contribution >= 4 is 10.5 Å². The number of hydrogen-bond donors (Lipinski definition) is 0. The first-order chi connectivity index (χ1) is 3.33. The summed E-state index contributed by atoms with van der Waals surface area (Å²) in [5.41, 5.74) is 0. The smallest absolute Gasteiger partial charge is 0.145 e. The molecule has 0 saturated heterocycles. The zero-order valence-corrected chi connectivity index (χ0v) is 7.82. The first kappa shape index (κ1) is 10.2. The standard InChI is InChI=1S/C3H8.C2H8OSi/c1-3-2;1-2-3-4/h3H2,1-2H3;2H2,1,4H3. The van der Waals surface area contributed by atoms with Crippen molar-refractivity contribution in [1.29, 1.82) is 0 Å². The maximum atomic E-state index is 4.68. The molecule has 0 heterocycles. The highest BCUT2D eigenvalue weighted by Gasteiger charge is 1.51. The Hall–Kier alpha value is 0.177. The summed E-state index contributed by atoms with van der Waals surface area (Å²) in [6.07, 6.45) is 1.25. The Morgan fingerprint density at radius 2 is 1.43 bits per heavy atom. The van der Waals surface area contributed by atoms with Gasteiger partial charge in [-0.1, -0.05) is 20.3 Å². The maximum absolute atomic E-state index is 4.68. The summed E-state index contributed by atoms with van der Waals surface area (Å²) in [4.78, 5) is 0. The van der Waals surface area contributed by atoms with Gasteiger partial charge in [0.1, 0.15) is 10.5 Å². The van der Waals surface area contributed by atoms with Gasteiger partial charge in [0, 0.05) is 6.61 Å². The SMILES string of the molecule is CCC.CCO[SiH3]. The van der Waals surface area contributed by atoms with Crippen molar-refractivity contribution in [3.05, 3.63) is 0 Å². The average Bonchev–Trinajstić information content (AvgIpc) is 1.69. The highest BCUT2D eigenvalue weighted by molar-refractivity contribution is 5.97. The van der Waals surface area contributed by atoms with Gasteiger partial charge >= 0.3 is 0 Å². The Morgan fingerprint density at radius 1 is 1.29 bits per heavy atom. The minimum absolute atomic E-state index is 0.881. The van der Waals surface area contributed by atoms with Crippen LogP contribution >= 0.6 is 0 Å². The van der Waals surface area contributed by atoms with E-state index < -0.39 is 0 Å². The van der Waals surface area contributed by atoms with Gasteiger partial charge in [-0.2, -0.15) is 0 Å². The van der Waals surface area contributed by atoms with Crippen LogP contribution in [0.25, 0.3) is 0 Å². The number of rotatable bonds is 1. The fraction of sp³-hybridized carbons (Fsp3) is 1.00. The molecule has 0 aromatic carbocycles. The molecule has 2 heteroatoms. The molecule has 0 N–H and O–H groups in total. The van der Waals surface area contributed by atoms with Crippen LogP contribution in [-0.2, 0) is 4.43 Å². The Bertz CT molecular complexity index is 15.6.